The molecule has 0 saturated carbocycles. The van der Waals surface area contributed by atoms with E-state index in [2.05, 4.69) is 5.32 Å². The summed E-state index contributed by atoms with van der Waals surface area (Å²) >= 11 is 6.07. The quantitative estimate of drug-likeness (QED) is 0.870. The van der Waals surface area contributed by atoms with Crippen LogP contribution < -0.4 is 5.32 Å². The summed E-state index contributed by atoms with van der Waals surface area (Å²) in [7, 11) is -3.74. The smallest absolute Gasteiger partial charge is 0.251 e. The maximum absolute atomic E-state index is 12.7. The van der Waals surface area contributed by atoms with Gasteiger partial charge >= 0.3 is 0 Å². The van der Waals surface area contributed by atoms with Gasteiger partial charge in [0.2, 0.25) is 10.0 Å². The Morgan fingerprint density at radius 1 is 1.39 bits per heavy atom. The Morgan fingerprint density at radius 2 is 2.04 bits per heavy atom. The average molecular weight is 361 g/mol. The maximum atomic E-state index is 12.7. The van der Waals surface area contributed by atoms with Crippen molar-refractivity contribution in [1.82, 2.24) is 9.62 Å². The molecule has 2 rings (SSSR count). The van der Waals surface area contributed by atoms with Crippen LogP contribution in [-0.2, 0) is 14.8 Å². The first kappa shape index (κ1) is 18.2. The molecule has 1 aromatic carbocycles. The SMILES string of the molecule is CC[C@H](C)NC(=O)c1ccc(Cl)c(S(=O)(=O)N2CCOCC2)c1. The van der Waals surface area contributed by atoms with Gasteiger partial charge in [0.05, 0.1) is 18.2 Å². The van der Waals surface area contributed by atoms with Gasteiger partial charge in [-0.15, -0.1) is 0 Å². The summed E-state index contributed by atoms with van der Waals surface area (Å²) in [6, 6.07) is 4.32. The molecule has 23 heavy (non-hydrogen) atoms. The highest BCUT2D eigenvalue weighted by Gasteiger charge is 2.29. The molecule has 1 amide bonds. The van der Waals surface area contributed by atoms with E-state index in [1.54, 1.807) is 0 Å². The molecule has 128 valence electrons. The Morgan fingerprint density at radius 3 is 2.65 bits per heavy atom. The zero-order valence-corrected chi connectivity index (χ0v) is 14.8. The highest BCUT2D eigenvalue weighted by molar-refractivity contribution is 7.89. The molecule has 1 heterocycles. The predicted octanol–water partition coefficient (Wildman–Crippen LogP) is 1.89. The van der Waals surface area contributed by atoms with Crippen LogP contribution >= 0.6 is 11.6 Å². The van der Waals surface area contributed by atoms with Crippen LogP contribution in [0.1, 0.15) is 30.6 Å². The van der Waals surface area contributed by atoms with Crippen molar-refractivity contribution in [2.24, 2.45) is 0 Å². The van der Waals surface area contributed by atoms with Gasteiger partial charge in [0.1, 0.15) is 4.90 Å². The summed E-state index contributed by atoms with van der Waals surface area (Å²) in [5.41, 5.74) is 0.279. The lowest BCUT2D eigenvalue weighted by Crippen LogP contribution is -2.40. The van der Waals surface area contributed by atoms with Crippen LogP contribution in [-0.4, -0.2) is 51.0 Å². The van der Waals surface area contributed by atoms with Gasteiger partial charge in [-0.2, -0.15) is 4.31 Å². The van der Waals surface area contributed by atoms with E-state index < -0.39 is 10.0 Å². The van der Waals surface area contributed by atoms with E-state index >= 15 is 0 Å². The van der Waals surface area contributed by atoms with Gasteiger partial charge in [-0.25, -0.2) is 8.42 Å². The molecular weight excluding hydrogens is 340 g/mol. The number of nitrogens with one attached hydrogen (secondary N) is 1. The standard InChI is InChI=1S/C15H21ClN2O4S/c1-3-11(2)17-15(19)12-4-5-13(16)14(10-12)23(20,21)18-6-8-22-9-7-18/h4-5,10-11H,3,6-9H2,1-2H3,(H,17,19)/t11-/m0/s1. The van der Waals surface area contributed by atoms with Crippen molar-refractivity contribution in [1.29, 1.82) is 0 Å². The average Bonchev–Trinajstić information content (AvgIpc) is 2.55. The van der Waals surface area contributed by atoms with Gasteiger partial charge in [-0.3, -0.25) is 4.79 Å². The van der Waals surface area contributed by atoms with E-state index in [4.69, 9.17) is 16.3 Å². The summed E-state index contributed by atoms with van der Waals surface area (Å²) < 4.78 is 31.9. The number of halogens is 1. The Kier molecular flexibility index (Phi) is 6.02. The van der Waals surface area contributed by atoms with Crippen LogP contribution in [0.4, 0.5) is 0 Å². The molecule has 8 heteroatoms. The Hall–Kier alpha value is -1.15. The highest BCUT2D eigenvalue weighted by atomic mass is 35.5. The van der Waals surface area contributed by atoms with E-state index in [-0.39, 0.29) is 40.5 Å². The van der Waals surface area contributed by atoms with Crippen molar-refractivity contribution >= 4 is 27.5 Å². The number of amides is 1. The number of hydrogen-bond acceptors (Lipinski definition) is 4. The summed E-state index contributed by atoms with van der Waals surface area (Å²) in [4.78, 5) is 12.2. The Labute approximate surface area is 141 Å². The van der Waals surface area contributed by atoms with Crippen LogP contribution in [0.2, 0.25) is 5.02 Å². The van der Waals surface area contributed by atoms with Crippen molar-refractivity contribution in [2.45, 2.75) is 31.2 Å². The first-order chi connectivity index (χ1) is 10.9. The minimum absolute atomic E-state index is 0.0116. The molecule has 1 atom stereocenters. The number of benzene rings is 1. The number of sulfonamides is 1. The minimum Gasteiger partial charge on any atom is -0.379 e. The predicted molar refractivity (Wildman–Crippen MR) is 88.2 cm³/mol. The normalized spacial score (nSPS) is 17.7. The number of hydrogen-bond donors (Lipinski definition) is 1. The highest BCUT2D eigenvalue weighted by Crippen LogP contribution is 2.26. The summed E-state index contributed by atoms with van der Waals surface area (Å²) in [5.74, 6) is -0.311. The van der Waals surface area contributed by atoms with Crippen molar-refractivity contribution in [2.75, 3.05) is 26.3 Å². The number of nitrogens with zero attached hydrogens (tertiary/aromatic N) is 1. The molecule has 1 saturated heterocycles. The summed E-state index contributed by atoms with van der Waals surface area (Å²) in [6.45, 7) is 5.11. The van der Waals surface area contributed by atoms with E-state index in [9.17, 15) is 13.2 Å². The molecule has 1 N–H and O–H groups in total. The Bertz CT molecular complexity index is 672. The summed E-state index contributed by atoms with van der Waals surface area (Å²) in [6.07, 6.45) is 0.790. The van der Waals surface area contributed by atoms with Crippen molar-refractivity contribution in [3.05, 3.63) is 28.8 Å². The van der Waals surface area contributed by atoms with Gasteiger partial charge < -0.3 is 10.1 Å². The molecule has 1 aliphatic rings. The number of rotatable bonds is 5. The van der Waals surface area contributed by atoms with E-state index in [0.717, 1.165) is 6.42 Å². The molecule has 0 bridgehead atoms. The zero-order valence-electron chi connectivity index (χ0n) is 13.2. The fourth-order valence-electron chi connectivity index (χ4n) is 2.18. The lowest BCUT2D eigenvalue weighted by Gasteiger charge is -2.26. The number of morpholine rings is 1. The molecule has 0 spiro atoms. The molecule has 0 unspecified atom stereocenters. The van der Waals surface area contributed by atoms with Gasteiger partial charge in [0, 0.05) is 24.7 Å². The Balaban J connectivity index is 2.31. The lowest BCUT2D eigenvalue weighted by molar-refractivity contribution is 0.0730. The van der Waals surface area contributed by atoms with E-state index in [1.165, 1.54) is 22.5 Å². The molecule has 0 aromatic heterocycles. The van der Waals surface area contributed by atoms with Crippen LogP contribution in [0.15, 0.2) is 23.1 Å². The molecule has 1 aliphatic heterocycles. The molecular formula is C15H21ClN2O4S. The molecule has 1 fully saturated rings. The first-order valence-electron chi connectivity index (χ1n) is 7.54. The second-order valence-corrected chi connectivity index (χ2v) is 7.76. The van der Waals surface area contributed by atoms with Gasteiger partial charge in [0.15, 0.2) is 0 Å². The maximum Gasteiger partial charge on any atom is 0.251 e. The van der Waals surface area contributed by atoms with Gasteiger partial charge in [-0.05, 0) is 31.5 Å². The first-order valence-corrected chi connectivity index (χ1v) is 9.36. The zero-order chi connectivity index (χ0) is 17.0. The number of ether oxygens (including phenoxy) is 1. The van der Waals surface area contributed by atoms with Crippen molar-refractivity contribution in [3.8, 4) is 0 Å². The number of carbonyl (C=O) groups excluding carboxylic acids is 1. The van der Waals surface area contributed by atoms with Crippen LogP contribution in [0, 0.1) is 0 Å². The monoisotopic (exact) mass is 360 g/mol. The summed E-state index contributed by atoms with van der Waals surface area (Å²) in [5, 5.41) is 2.92. The topological polar surface area (TPSA) is 75.7 Å². The molecule has 0 radical (unpaired) electrons. The molecule has 0 aliphatic carbocycles. The van der Waals surface area contributed by atoms with Crippen LogP contribution in [0.25, 0.3) is 0 Å². The van der Waals surface area contributed by atoms with Crippen molar-refractivity contribution in [3.63, 3.8) is 0 Å². The van der Waals surface area contributed by atoms with Crippen LogP contribution in [0.5, 0.6) is 0 Å². The number of carbonyl (C=O) groups is 1. The van der Waals surface area contributed by atoms with E-state index in [0.29, 0.717) is 13.2 Å². The van der Waals surface area contributed by atoms with E-state index in [1.807, 2.05) is 13.8 Å². The van der Waals surface area contributed by atoms with Gasteiger partial charge in [0.25, 0.3) is 5.91 Å². The van der Waals surface area contributed by atoms with Gasteiger partial charge in [-0.1, -0.05) is 18.5 Å². The second-order valence-electron chi connectivity index (χ2n) is 5.44. The van der Waals surface area contributed by atoms with Crippen LogP contribution in [0.3, 0.4) is 0 Å². The lowest BCUT2D eigenvalue weighted by atomic mass is 10.2. The second kappa shape index (κ2) is 7.61. The van der Waals surface area contributed by atoms with Crippen molar-refractivity contribution < 1.29 is 17.9 Å². The molecule has 1 aromatic rings. The molecule has 6 nitrogen and oxygen atoms in total. The third-order valence-corrected chi connectivity index (χ3v) is 6.15. The third-order valence-electron chi connectivity index (χ3n) is 3.77. The minimum atomic E-state index is -3.74. The third kappa shape index (κ3) is 4.23. The largest absolute Gasteiger partial charge is 0.379 e. The fourth-order valence-corrected chi connectivity index (χ4v) is 4.09. The fraction of sp³-hybridized carbons (Fsp3) is 0.533.